The van der Waals surface area contributed by atoms with Gasteiger partial charge in [0.2, 0.25) is 0 Å². The first-order valence-electron chi connectivity index (χ1n) is 23.7. The monoisotopic (exact) mass is 898 g/mol. The van der Waals surface area contributed by atoms with Crippen LogP contribution in [0.2, 0.25) is 0 Å². The first kappa shape index (κ1) is 47.1. The zero-order valence-electron chi connectivity index (χ0n) is 37.8. The van der Waals surface area contributed by atoms with Gasteiger partial charge < -0.3 is 83.5 Å². The number of rotatable bonds is 8. The molecule has 8 fully saturated rings. The quantitative estimate of drug-likeness (QED) is 0.160. The minimum absolute atomic E-state index is 0.0392. The summed E-state index contributed by atoms with van der Waals surface area (Å²) in [6.45, 7) is 11.8. The van der Waals surface area contributed by atoms with E-state index in [0.717, 1.165) is 44.9 Å². The smallest absolute Gasteiger partial charge is 0.187 e. The van der Waals surface area contributed by atoms with Crippen molar-refractivity contribution in [3.8, 4) is 0 Å². The van der Waals surface area contributed by atoms with Gasteiger partial charge in [0.25, 0.3) is 0 Å². The Morgan fingerprint density at radius 2 is 1.32 bits per heavy atom. The van der Waals surface area contributed by atoms with Gasteiger partial charge in [-0.3, -0.25) is 0 Å². The molecular formula is C46H74O17. The van der Waals surface area contributed by atoms with E-state index in [1.807, 2.05) is 0 Å². The third-order valence-corrected chi connectivity index (χ3v) is 18.0. The highest BCUT2D eigenvalue weighted by Crippen LogP contribution is 2.71. The van der Waals surface area contributed by atoms with E-state index in [1.54, 1.807) is 7.11 Å². The number of aliphatic hydroxyl groups is 8. The van der Waals surface area contributed by atoms with Gasteiger partial charge in [0.1, 0.15) is 61.0 Å². The van der Waals surface area contributed by atoms with Crippen LogP contribution < -0.4 is 0 Å². The van der Waals surface area contributed by atoms with Crippen LogP contribution in [0.4, 0.5) is 0 Å². The molecule has 5 saturated heterocycles. The number of fused-ring (bicyclic) bond motifs is 7. The third-order valence-electron chi connectivity index (χ3n) is 18.0. The summed E-state index contributed by atoms with van der Waals surface area (Å²) >= 11 is 0. The highest BCUT2D eigenvalue weighted by Gasteiger charge is 2.69. The molecule has 63 heavy (non-hydrogen) atoms. The van der Waals surface area contributed by atoms with E-state index in [9.17, 15) is 40.9 Å². The summed E-state index contributed by atoms with van der Waals surface area (Å²) < 4.78 is 56.1. The molecule has 0 radical (unpaired) electrons. The summed E-state index contributed by atoms with van der Waals surface area (Å²) in [5, 5.41) is 86.0. The first-order chi connectivity index (χ1) is 29.8. The van der Waals surface area contributed by atoms with Crippen LogP contribution in [0.5, 0.6) is 0 Å². The predicted molar refractivity (Wildman–Crippen MR) is 219 cm³/mol. The van der Waals surface area contributed by atoms with E-state index in [-0.39, 0.29) is 35.2 Å². The Balaban J connectivity index is 0.913. The van der Waals surface area contributed by atoms with Crippen molar-refractivity contribution in [1.29, 1.82) is 0 Å². The molecule has 5 aliphatic heterocycles. The Morgan fingerprint density at radius 1 is 0.667 bits per heavy atom. The molecule has 0 amide bonds. The lowest BCUT2D eigenvalue weighted by atomic mass is 9.47. The second-order valence-electron chi connectivity index (χ2n) is 21.3. The Kier molecular flexibility index (Phi) is 13.1. The fourth-order valence-electron chi connectivity index (χ4n) is 14.3. The summed E-state index contributed by atoms with van der Waals surface area (Å²) in [6.07, 6.45) is -11.2. The molecule has 5 heterocycles. The van der Waals surface area contributed by atoms with Crippen molar-refractivity contribution in [2.45, 2.75) is 216 Å². The van der Waals surface area contributed by atoms with Gasteiger partial charge >= 0.3 is 0 Å². The average molecular weight is 899 g/mol. The summed E-state index contributed by atoms with van der Waals surface area (Å²) in [6, 6.07) is 0. The van der Waals surface area contributed by atoms with Gasteiger partial charge in [-0.15, -0.1) is 0 Å². The van der Waals surface area contributed by atoms with Crippen LogP contribution in [-0.2, 0) is 42.6 Å². The van der Waals surface area contributed by atoms with Gasteiger partial charge in [-0.2, -0.15) is 0 Å². The molecule has 0 aromatic carbocycles. The topological polar surface area (TPSA) is 245 Å². The van der Waals surface area contributed by atoms with E-state index in [1.165, 1.54) is 19.4 Å². The molecule has 17 heteroatoms. The molecule has 0 bridgehead atoms. The molecule has 8 N–H and O–H groups in total. The number of aliphatic hydroxyl groups excluding tert-OH is 8. The van der Waals surface area contributed by atoms with E-state index in [2.05, 4.69) is 33.8 Å². The van der Waals surface area contributed by atoms with Gasteiger partial charge in [0.15, 0.2) is 30.9 Å². The lowest BCUT2D eigenvalue weighted by Crippen LogP contribution is -2.66. The summed E-state index contributed by atoms with van der Waals surface area (Å²) in [4.78, 5) is 0. The van der Waals surface area contributed by atoms with Crippen LogP contribution in [0.3, 0.4) is 0 Å². The summed E-state index contributed by atoms with van der Waals surface area (Å²) in [5.74, 6) is 1.99. The Bertz CT molecular complexity index is 1650. The fourth-order valence-corrected chi connectivity index (χ4v) is 14.3. The second kappa shape index (κ2) is 17.5. The van der Waals surface area contributed by atoms with Gasteiger partial charge in [-0.05, 0) is 99.7 Å². The summed E-state index contributed by atoms with van der Waals surface area (Å²) in [7, 11) is 1.73. The van der Waals surface area contributed by atoms with Crippen LogP contribution in [0.25, 0.3) is 0 Å². The van der Waals surface area contributed by atoms with Crippen molar-refractivity contribution >= 4 is 0 Å². The lowest BCUT2D eigenvalue weighted by molar-refractivity contribution is -0.388. The Morgan fingerprint density at radius 3 is 1.95 bits per heavy atom. The number of hydrogen-bond donors (Lipinski definition) is 8. The van der Waals surface area contributed by atoms with Crippen LogP contribution in [-0.4, -0.2) is 171 Å². The number of hydrogen-bond acceptors (Lipinski definition) is 17. The van der Waals surface area contributed by atoms with E-state index < -0.39 is 105 Å². The fraction of sp³-hybridized carbons (Fsp3) is 0.957. The largest absolute Gasteiger partial charge is 0.394 e. The van der Waals surface area contributed by atoms with Crippen LogP contribution in [0.15, 0.2) is 11.6 Å². The molecule has 1 unspecified atom stereocenters. The Labute approximate surface area is 370 Å². The maximum atomic E-state index is 12.0. The number of ether oxygens (including phenoxy) is 9. The zero-order chi connectivity index (χ0) is 45.1. The molecule has 3 saturated carbocycles. The molecule has 4 aliphatic carbocycles. The number of methoxy groups -OCH3 is 1. The normalized spacial score (nSPS) is 58.1. The Hall–Kier alpha value is -0.940. The van der Waals surface area contributed by atoms with Crippen molar-refractivity contribution in [3.05, 3.63) is 11.6 Å². The minimum atomic E-state index is -1.71. The van der Waals surface area contributed by atoms with E-state index >= 15 is 0 Å². The third kappa shape index (κ3) is 7.72. The van der Waals surface area contributed by atoms with Crippen molar-refractivity contribution in [2.24, 2.45) is 46.3 Å². The van der Waals surface area contributed by atoms with Crippen molar-refractivity contribution in [3.63, 3.8) is 0 Å². The lowest BCUT2D eigenvalue weighted by Gasteiger charge is -2.59. The molecule has 27 atom stereocenters. The molecule has 9 rings (SSSR count). The standard InChI is InChI=1S/C46H74O17/c1-19-10-15-46(63-40(19)55-7)20(2)30-28(62-46)17-27-25-9-8-23-16-24(11-13-44(23,5)26(25)12-14-45(27,30)6)58-43-39(61-42-36(53)34(51)32(49)22(4)57-42)37(54)38(29(18-47)59-43)60-41-35(52)33(50)31(48)21(3)56-41/h8,19-22,24-43,47-54H,9-18H2,1-7H3/t19-,20-,21-,22-,24-,25+,26-,27-,28-,29+,30-,31-,32-,33+,34+,35+,36+,37-,38+,39+,40?,41-,42-,43+,44-,45-,46-/m0/s1. The predicted octanol–water partition coefficient (Wildman–Crippen LogP) is 1.21. The number of allylic oxidation sites excluding steroid dienone is 1. The SMILES string of the molecule is COC1O[C@]2(CC[C@@H]1C)O[C@H]1C[C@H]3[C@@H]4CC=C5C[C@@H](O[C@@H]6O[C@H](CO)[C@@H](O[C@@H]7O[C@@H](C)[C@H](O)[C@@H](O)[C@H]7O)[C@H](O)[C@H]6O[C@@H]6O[C@@H](C)[C@H](O)[C@@H](O)[C@H]6O)CC[C@]5(C)[C@H]4CC[C@]3(C)[C@H]1[C@@H]2C. The van der Waals surface area contributed by atoms with Crippen LogP contribution in [0.1, 0.15) is 99.3 Å². The molecule has 360 valence electrons. The maximum absolute atomic E-state index is 12.0. The van der Waals surface area contributed by atoms with Gasteiger partial charge in [-0.25, -0.2) is 0 Å². The molecular weight excluding hydrogens is 824 g/mol. The van der Waals surface area contributed by atoms with Gasteiger partial charge in [0, 0.05) is 25.4 Å². The molecule has 0 aromatic rings. The molecule has 0 aromatic heterocycles. The maximum Gasteiger partial charge on any atom is 0.187 e. The van der Waals surface area contributed by atoms with Crippen LogP contribution >= 0.6 is 0 Å². The minimum Gasteiger partial charge on any atom is -0.394 e. The van der Waals surface area contributed by atoms with E-state index in [4.69, 9.17) is 42.6 Å². The molecule has 17 nitrogen and oxygen atoms in total. The average Bonchev–Trinajstić information content (AvgIpc) is 3.71. The van der Waals surface area contributed by atoms with Crippen molar-refractivity contribution < 1.29 is 83.5 Å². The van der Waals surface area contributed by atoms with Gasteiger partial charge in [0.05, 0.1) is 31.0 Å². The molecule has 9 aliphatic rings. The summed E-state index contributed by atoms with van der Waals surface area (Å²) in [5.41, 5.74) is 1.44. The highest BCUT2D eigenvalue weighted by atomic mass is 16.8. The van der Waals surface area contributed by atoms with Crippen molar-refractivity contribution in [2.75, 3.05) is 13.7 Å². The zero-order valence-corrected chi connectivity index (χ0v) is 37.8. The highest BCUT2D eigenvalue weighted by molar-refractivity contribution is 5.26. The van der Waals surface area contributed by atoms with E-state index in [0.29, 0.717) is 42.4 Å². The van der Waals surface area contributed by atoms with Gasteiger partial charge in [-0.1, -0.05) is 39.3 Å². The van der Waals surface area contributed by atoms with Crippen molar-refractivity contribution in [1.82, 2.24) is 0 Å². The molecule has 1 spiro atoms. The first-order valence-corrected chi connectivity index (χ1v) is 23.7. The second-order valence-corrected chi connectivity index (χ2v) is 21.3. The van der Waals surface area contributed by atoms with Crippen LogP contribution in [0, 0.1) is 46.3 Å².